The second-order valence-electron chi connectivity index (χ2n) is 5.97. The summed E-state index contributed by atoms with van der Waals surface area (Å²) in [5, 5.41) is 10.9. The number of benzene rings is 2. The normalized spacial score (nSPS) is 10.8. The number of rotatable bonds is 8. The van der Waals surface area contributed by atoms with Crippen LogP contribution in [0.25, 0.3) is 22.4 Å². The van der Waals surface area contributed by atoms with Crippen molar-refractivity contribution >= 4 is 16.7 Å². The lowest BCUT2D eigenvalue weighted by Crippen LogP contribution is -1.99. The van der Waals surface area contributed by atoms with Crippen molar-refractivity contribution in [3.8, 4) is 22.9 Å². The predicted molar refractivity (Wildman–Crippen MR) is 99.8 cm³/mol. The Morgan fingerprint density at radius 1 is 1.15 bits per heavy atom. The average molecular weight is 355 g/mol. The molecule has 1 heterocycles. The Hall–Kier alpha value is -3.09. The minimum absolute atomic E-state index is 0.0288. The van der Waals surface area contributed by atoms with E-state index in [1.165, 1.54) is 12.1 Å². The molecule has 0 radical (unpaired) electrons. The quantitative estimate of drug-likeness (QED) is 0.359. The maximum Gasteiger partial charge on any atom is 0.271 e. The van der Waals surface area contributed by atoms with Crippen molar-refractivity contribution in [2.75, 3.05) is 13.7 Å². The maximum absolute atomic E-state index is 10.9. The van der Waals surface area contributed by atoms with Gasteiger partial charge in [0.1, 0.15) is 5.82 Å². The molecule has 0 amide bonds. The number of nitro groups is 1. The van der Waals surface area contributed by atoms with Crippen molar-refractivity contribution in [3.63, 3.8) is 0 Å². The molecular weight excluding hydrogens is 334 g/mol. The van der Waals surface area contributed by atoms with E-state index in [9.17, 15) is 10.1 Å². The molecule has 0 aliphatic rings. The van der Waals surface area contributed by atoms with Gasteiger partial charge in [-0.15, -0.1) is 0 Å². The molecule has 0 unspecified atom stereocenters. The lowest BCUT2D eigenvalue weighted by atomic mass is 10.2. The van der Waals surface area contributed by atoms with E-state index in [1.54, 1.807) is 13.2 Å². The van der Waals surface area contributed by atoms with Crippen LogP contribution >= 0.6 is 0 Å². The van der Waals surface area contributed by atoms with Gasteiger partial charge in [-0.1, -0.05) is 19.8 Å². The largest absolute Gasteiger partial charge is 0.493 e. The van der Waals surface area contributed by atoms with E-state index in [0.717, 1.165) is 24.8 Å². The van der Waals surface area contributed by atoms with Crippen LogP contribution in [0, 0.1) is 10.1 Å². The van der Waals surface area contributed by atoms with Gasteiger partial charge in [0.2, 0.25) is 0 Å². The first-order valence-electron chi connectivity index (χ1n) is 8.57. The first kappa shape index (κ1) is 17.7. The number of non-ortho nitro benzene ring substituents is 1. The fraction of sp³-hybridized carbons (Fsp3) is 0.316. The number of fused-ring (bicyclic) bond motifs is 1. The van der Waals surface area contributed by atoms with Crippen molar-refractivity contribution < 1.29 is 14.4 Å². The molecule has 26 heavy (non-hydrogen) atoms. The summed E-state index contributed by atoms with van der Waals surface area (Å²) in [4.78, 5) is 18.1. The molecule has 0 fully saturated rings. The number of nitrogens with zero attached hydrogens (tertiary/aromatic N) is 2. The van der Waals surface area contributed by atoms with Crippen LogP contribution in [0.4, 0.5) is 5.69 Å². The van der Waals surface area contributed by atoms with Gasteiger partial charge >= 0.3 is 0 Å². The van der Waals surface area contributed by atoms with Crippen molar-refractivity contribution in [2.24, 2.45) is 0 Å². The van der Waals surface area contributed by atoms with E-state index in [2.05, 4.69) is 16.9 Å². The summed E-state index contributed by atoms with van der Waals surface area (Å²) in [6.45, 7) is 2.80. The first-order chi connectivity index (χ1) is 12.6. The van der Waals surface area contributed by atoms with Crippen LogP contribution in [-0.4, -0.2) is 28.6 Å². The fourth-order valence-electron chi connectivity index (χ4n) is 2.72. The molecule has 0 aliphatic heterocycles. The Balaban J connectivity index is 1.86. The number of imidazole rings is 1. The number of nitro benzene ring substituents is 1. The molecule has 7 nitrogen and oxygen atoms in total. The van der Waals surface area contributed by atoms with E-state index in [0.29, 0.717) is 35.0 Å². The van der Waals surface area contributed by atoms with Crippen LogP contribution in [0.1, 0.15) is 26.2 Å². The summed E-state index contributed by atoms with van der Waals surface area (Å²) < 4.78 is 11.2. The predicted octanol–water partition coefficient (Wildman–Crippen LogP) is 4.72. The summed E-state index contributed by atoms with van der Waals surface area (Å²) in [5.41, 5.74) is 2.14. The number of nitrogens with one attached hydrogen (secondary N) is 1. The van der Waals surface area contributed by atoms with Crippen LogP contribution in [0.15, 0.2) is 36.4 Å². The molecule has 0 saturated carbocycles. The van der Waals surface area contributed by atoms with Crippen LogP contribution < -0.4 is 9.47 Å². The topological polar surface area (TPSA) is 90.3 Å². The zero-order valence-electron chi connectivity index (χ0n) is 14.8. The average Bonchev–Trinajstić information content (AvgIpc) is 3.08. The first-order valence-corrected chi connectivity index (χ1v) is 8.57. The van der Waals surface area contributed by atoms with Gasteiger partial charge in [0.05, 0.1) is 29.7 Å². The lowest BCUT2D eigenvalue weighted by Gasteiger charge is -2.11. The summed E-state index contributed by atoms with van der Waals surface area (Å²) in [5.74, 6) is 1.95. The minimum atomic E-state index is -0.423. The molecule has 0 bridgehead atoms. The van der Waals surface area contributed by atoms with Gasteiger partial charge in [-0.25, -0.2) is 4.98 Å². The Kier molecular flexibility index (Phi) is 5.36. The standard InChI is InChI=1S/C19H21N3O4/c1-3-4-5-10-26-17-9-6-13(11-18(17)25-2)19-20-15-8-7-14(22(23)24)12-16(15)21-19/h6-9,11-12H,3-5,10H2,1-2H3,(H,20,21). The Labute approximate surface area is 151 Å². The number of aromatic amines is 1. The number of H-pyrrole nitrogens is 1. The van der Waals surface area contributed by atoms with Crippen LogP contribution in [0.5, 0.6) is 11.5 Å². The van der Waals surface area contributed by atoms with E-state index in [4.69, 9.17) is 9.47 Å². The van der Waals surface area contributed by atoms with Crippen LogP contribution in [0.3, 0.4) is 0 Å². The van der Waals surface area contributed by atoms with E-state index < -0.39 is 4.92 Å². The number of unbranched alkanes of at least 4 members (excludes halogenated alkanes) is 2. The van der Waals surface area contributed by atoms with Gasteiger partial charge in [0, 0.05) is 17.7 Å². The SMILES string of the molecule is CCCCCOc1ccc(-c2nc3ccc([N+](=O)[O-])cc3[nH]2)cc1OC. The van der Waals surface area contributed by atoms with Crippen molar-refractivity contribution in [1.82, 2.24) is 9.97 Å². The highest BCUT2D eigenvalue weighted by Gasteiger charge is 2.13. The highest BCUT2D eigenvalue weighted by molar-refractivity contribution is 5.81. The molecule has 7 heteroatoms. The third kappa shape index (κ3) is 3.77. The molecule has 0 saturated heterocycles. The fourth-order valence-corrected chi connectivity index (χ4v) is 2.72. The molecule has 0 spiro atoms. The van der Waals surface area contributed by atoms with Crippen LogP contribution in [-0.2, 0) is 0 Å². The molecule has 0 atom stereocenters. The minimum Gasteiger partial charge on any atom is -0.493 e. The number of aromatic nitrogens is 2. The van der Waals surface area contributed by atoms with Crippen molar-refractivity contribution in [2.45, 2.75) is 26.2 Å². The summed E-state index contributed by atoms with van der Waals surface area (Å²) in [7, 11) is 1.60. The maximum atomic E-state index is 10.9. The van der Waals surface area contributed by atoms with Gasteiger partial charge in [-0.2, -0.15) is 0 Å². The highest BCUT2D eigenvalue weighted by atomic mass is 16.6. The zero-order valence-corrected chi connectivity index (χ0v) is 14.8. The molecule has 1 N–H and O–H groups in total. The van der Waals surface area contributed by atoms with Crippen LogP contribution in [0.2, 0.25) is 0 Å². The van der Waals surface area contributed by atoms with Crippen molar-refractivity contribution in [1.29, 1.82) is 0 Å². The second-order valence-corrected chi connectivity index (χ2v) is 5.97. The summed E-state index contributed by atoms with van der Waals surface area (Å²) in [6, 6.07) is 10.2. The zero-order chi connectivity index (χ0) is 18.5. The molecular formula is C19H21N3O4. The van der Waals surface area contributed by atoms with Gasteiger partial charge in [0.15, 0.2) is 11.5 Å². The smallest absolute Gasteiger partial charge is 0.271 e. The van der Waals surface area contributed by atoms with E-state index >= 15 is 0 Å². The third-order valence-electron chi connectivity index (χ3n) is 4.12. The molecule has 3 rings (SSSR count). The second kappa shape index (κ2) is 7.86. The molecule has 0 aliphatic carbocycles. The third-order valence-corrected chi connectivity index (χ3v) is 4.12. The van der Waals surface area contributed by atoms with Gasteiger partial charge in [-0.3, -0.25) is 10.1 Å². The Bertz CT molecular complexity index is 920. The number of ether oxygens (including phenoxy) is 2. The molecule has 2 aromatic carbocycles. The number of hydrogen-bond donors (Lipinski definition) is 1. The monoisotopic (exact) mass is 355 g/mol. The summed E-state index contributed by atoms with van der Waals surface area (Å²) in [6.07, 6.45) is 3.28. The van der Waals surface area contributed by atoms with Gasteiger partial charge in [-0.05, 0) is 30.7 Å². The van der Waals surface area contributed by atoms with E-state index in [1.807, 2.05) is 18.2 Å². The number of methoxy groups -OCH3 is 1. The Morgan fingerprint density at radius 3 is 2.73 bits per heavy atom. The van der Waals surface area contributed by atoms with E-state index in [-0.39, 0.29) is 5.69 Å². The van der Waals surface area contributed by atoms with Gasteiger partial charge < -0.3 is 14.5 Å². The summed E-state index contributed by atoms with van der Waals surface area (Å²) >= 11 is 0. The molecule has 1 aromatic heterocycles. The van der Waals surface area contributed by atoms with Crippen molar-refractivity contribution in [3.05, 3.63) is 46.5 Å². The molecule has 136 valence electrons. The number of hydrogen-bond acceptors (Lipinski definition) is 5. The highest BCUT2D eigenvalue weighted by Crippen LogP contribution is 2.32. The lowest BCUT2D eigenvalue weighted by molar-refractivity contribution is -0.384. The molecule has 3 aromatic rings. The van der Waals surface area contributed by atoms with Gasteiger partial charge in [0.25, 0.3) is 5.69 Å². The Morgan fingerprint density at radius 2 is 2.00 bits per heavy atom.